The van der Waals surface area contributed by atoms with Gasteiger partial charge in [-0.05, 0) is 42.9 Å². The van der Waals surface area contributed by atoms with Crippen LogP contribution in [0.5, 0.6) is 0 Å². The number of amides is 2. The largest absolute Gasteiger partial charge is 0.445 e. The molecule has 1 aliphatic heterocycles. The molecule has 1 saturated carbocycles. The summed E-state index contributed by atoms with van der Waals surface area (Å²) in [5, 5.41) is 5.60. The van der Waals surface area contributed by atoms with E-state index in [9.17, 15) is 19.2 Å². The molecule has 7 nitrogen and oxygen atoms in total. The molecule has 1 aromatic rings. The maximum absolute atomic E-state index is 13.2. The predicted molar refractivity (Wildman–Crippen MR) is 125 cm³/mol. The fourth-order valence-electron chi connectivity index (χ4n) is 4.68. The maximum Gasteiger partial charge on any atom is 0.408 e. The molecule has 0 spiro atoms. The van der Waals surface area contributed by atoms with Crippen molar-refractivity contribution >= 4 is 35.7 Å². The summed E-state index contributed by atoms with van der Waals surface area (Å²) in [4.78, 5) is 49.5. The summed E-state index contributed by atoms with van der Waals surface area (Å²) in [6, 6.07) is 5.06. The number of aldehydes is 1. The van der Waals surface area contributed by atoms with Crippen LogP contribution >= 0.6 is 11.6 Å². The number of halogens is 1. The van der Waals surface area contributed by atoms with E-state index in [2.05, 4.69) is 10.6 Å². The Morgan fingerprint density at radius 3 is 2.70 bits per heavy atom. The minimum Gasteiger partial charge on any atom is -0.445 e. The smallest absolute Gasteiger partial charge is 0.408 e. The number of hydrogen-bond acceptors (Lipinski definition) is 5. The van der Waals surface area contributed by atoms with Gasteiger partial charge in [-0.25, -0.2) is 4.79 Å². The van der Waals surface area contributed by atoms with Crippen molar-refractivity contribution < 1.29 is 26.7 Å². The molecule has 2 N–H and O–H groups in total. The molecule has 1 aromatic carbocycles. The van der Waals surface area contributed by atoms with Crippen LogP contribution in [0.15, 0.2) is 24.3 Å². The second-order valence-electron chi connectivity index (χ2n) is 9.02. The van der Waals surface area contributed by atoms with E-state index in [0.29, 0.717) is 37.1 Å². The highest BCUT2D eigenvalue weighted by Gasteiger charge is 2.31. The summed E-state index contributed by atoms with van der Waals surface area (Å²) in [6.07, 6.45) is 6.04. The van der Waals surface area contributed by atoms with E-state index >= 15 is 0 Å². The van der Waals surface area contributed by atoms with E-state index in [-0.39, 0.29) is 35.5 Å². The Kier molecular flexibility index (Phi) is 8.63. The minimum absolute atomic E-state index is 0.0752. The third kappa shape index (κ3) is 8.14. The van der Waals surface area contributed by atoms with Crippen molar-refractivity contribution in [1.29, 1.82) is 0 Å². The van der Waals surface area contributed by atoms with Gasteiger partial charge in [0.25, 0.3) is 0 Å². The summed E-state index contributed by atoms with van der Waals surface area (Å²) in [5.74, 6) is -1.09. The number of ether oxygens (including phenoxy) is 1. The number of carbonyl (C=O) groups is 4. The lowest BCUT2D eigenvalue weighted by Gasteiger charge is -2.27. The van der Waals surface area contributed by atoms with E-state index in [1.165, 1.54) is 12.1 Å². The Balaban J connectivity index is 1.66. The lowest BCUT2D eigenvalue weighted by atomic mass is 9.82. The van der Waals surface area contributed by atoms with E-state index < -0.39 is 24.6 Å². The molecule has 2 fully saturated rings. The maximum atomic E-state index is 13.2. The zero-order chi connectivity index (χ0) is 25.4. The first-order valence-corrected chi connectivity index (χ1v) is 12.1. The molecule has 180 valence electrons. The molecule has 2 amide bonds. The topological polar surface area (TPSA) is 102 Å². The molecule has 2 aliphatic rings. The Morgan fingerprint density at radius 2 is 2.03 bits per heavy atom. The van der Waals surface area contributed by atoms with Gasteiger partial charge >= 0.3 is 6.09 Å². The van der Waals surface area contributed by atoms with Crippen molar-refractivity contribution in [1.82, 2.24) is 10.6 Å². The van der Waals surface area contributed by atoms with Crippen LogP contribution in [0.4, 0.5) is 4.79 Å². The molecule has 1 heterocycles. The number of Topliss-reactive ketones (excluding diaryl/α,β-unsaturated/α-hetero) is 1. The Morgan fingerprint density at radius 1 is 1.24 bits per heavy atom. The lowest BCUT2D eigenvalue weighted by Crippen LogP contribution is -2.43. The van der Waals surface area contributed by atoms with E-state index in [1.807, 2.05) is 0 Å². The predicted octanol–water partition coefficient (Wildman–Crippen LogP) is 4.21. The summed E-state index contributed by atoms with van der Waals surface area (Å²) in [5.41, 5.74) is 0.0752. The van der Waals surface area contributed by atoms with E-state index in [4.69, 9.17) is 19.1 Å². The molecule has 0 bridgehead atoms. The molecule has 33 heavy (non-hydrogen) atoms. The van der Waals surface area contributed by atoms with Crippen LogP contribution in [-0.4, -0.2) is 36.7 Å². The second-order valence-corrected chi connectivity index (χ2v) is 9.45. The van der Waals surface area contributed by atoms with Crippen molar-refractivity contribution in [3.8, 4) is 0 Å². The zero-order valence-corrected chi connectivity index (χ0v) is 19.4. The van der Waals surface area contributed by atoms with Gasteiger partial charge in [-0.1, -0.05) is 55.8 Å². The van der Waals surface area contributed by atoms with Gasteiger partial charge in [0.05, 0.1) is 8.78 Å². The quantitative estimate of drug-likeness (QED) is 0.464. The van der Waals surface area contributed by atoms with Crippen LogP contribution in [0.3, 0.4) is 0 Å². The van der Waals surface area contributed by atoms with E-state index in [1.54, 1.807) is 12.1 Å². The molecule has 0 radical (unpaired) electrons. The Hall–Kier alpha value is -2.41. The molecule has 8 heteroatoms. The lowest BCUT2D eigenvalue weighted by molar-refractivity contribution is -0.127. The van der Waals surface area contributed by atoms with Crippen LogP contribution in [0, 0.1) is 17.8 Å². The monoisotopic (exact) mass is 478 g/mol. The average molecular weight is 479 g/mol. The standard InChI is InChI=1S/C25H33ClN2O5/c26-21-8-4-7-18(12-21)16-33-25(32)28-22(13-17-5-2-1-3-6-17)23(30)14-19(15-29)11-20-9-10-27-24(20)31/h4,7-8,12,15,17,19-20,22H,1-3,5-6,9-11,13-14,16H2,(H,27,31)(H,28,32)/t19-,20+,22+/m1/s1/i16D2. The summed E-state index contributed by atoms with van der Waals surface area (Å²) in [7, 11) is 0. The normalized spacial score (nSPS) is 21.8. The van der Waals surface area contributed by atoms with Gasteiger partial charge in [0.15, 0.2) is 5.78 Å². The van der Waals surface area contributed by atoms with Crippen molar-refractivity contribution in [2.24, 2.45) is 17.8 Å². The van der Waals surface area contributed by atoms with Crippen LogP contribution in [0.25, 0.3) is 0 Å². The highest BCUT2D eigenvalue weighted by atomic mass is 35.5. The molecule has 3 atom stereocenters. The van der Waals surface area contributed by atoms with Gasteiger partial charge < -0.3 is 20.2 Å². The summed E-state index contributed by atoms with van der Waals surface area (Å²) in [6.45, 7) is -1.88. The van der Waals surface area contributed by atoms with Crippen molar-refractivity contribution in [3.05, 3.63) is 34.9 Å². The summed E-state index contributed by atoms with van der Waals surface area (Å²) >= 11 is 5.93. The SMILES string of the molecule is [2H]C([2H])(OC(=O)N[C@@H](CC1CCCCC1)C(=O)C[C@H](C=O)C[C@@H]1CCNC1=O)c1cccc(Cl)c1. The molecule has 3 rings (SSSR count). The van der Waals surface area contributed by atoms with Crippen molar-refractivity contribution in [3.63, 3.8) is 0 Å². The number of ketones is 1. The Labute approximate surface area is 202 Å². The number of nitrogens with one attached hydrogen (secondary N) is 2. The third-order valence-electron chi connectivity index (χ3n) is 6.47. The highest BCUT2D eigenvalue weighted by Crippen LogP contribution is 2.29. The first-order chi connectivity index (χ1) is 16.7. The number of carbonyl (C=O) groups excluding carboxylic acids is 4. The van der Waals surface area contributed by atoms with Gasteiger partial charge in [-0.15, -0.1) is 0 Å². The third-order valence-corrected chi connectivity index (χ3v) is 6.70. The fourth-order valence-corrected chi connectivity index (χ4v) is 4.87. The first kappa shape index (κ1) is 22.4. The van der Waals surface area contributed by atoms with Gasteiger partial charge in [0.1, 0.15) is 12.8 Å². The van der Waals surface area contributed by atoms with Crippen LogP contribution in [0.1, 0.15) is 66.1 Å². The van der Waals surface area contributed by atoms with Crippen LogP contribution in [0.2, 0.25) is 5.02 Å². The molecule has 1 aliphatic carbocycles. The number of alkyl carbamates (subject to hydrolysis) is 1. The summed E-state index contributed by atoms with van der Waals surface area (Å²) < 4.78 is 21.3. The van der Waals surface area contributed by atoms with Gasteiger partial charge in [-0.2, -0.15) is 0 Å². The zero-order valence-electron chi connectivity index (χ0n) is 20.7. The second kappa shape index (κ2) is 12.7. The number of rotatable bonds is 11. The molecular formula is C25H33ClN2O5. The number of benzene rings is 1. The average Bonchev–Trinajstić information content (AvgIpc) is 3.22. The van der Waals surface area contributed by atoms with Gasteiger partial charge in [0.2, 0.25) is 5.91 Å². The molecule has 0 aromatic heterocycles. The Bertz CT molecular complexity index is 923. The first-order valence-electron chi connectivity index (χ1n) is 12.7. The molecule has 1 saturated heterocycles. The minimum atomic E-state index is -2.45. The molecular weight excluding hydrogens is 444 g/mol. The van der Waals surface area contributed by atoms with Gasteiger partial charge in [0, 0.05) is 29.8 Å². The molecule has 0 unspecified atom stereocenters. The van der Waals surface area contributed by atoms with Crippen molar-refractivity contribution in [2.75, 3.05) is 6.54 Å². The van der Waals surface area contributed by atoms with Crippen LogP contribution < -0.4 is 10.6 Å². The fraction of sp³-hybridized carbons (Fsp3) is 0.600. The van der Waals surface area contributed by atoms with E-state index in [0.717, 1.165) is 32.1 Å². The van der Waals surface area contributed by atoms with Gasteiger partial charge in [-0.3, -0.25) is 9.59 Å². The highest BCUT2D eigenvalue weighted by molar-refractivity contribution is 6.30. The number of hydrogen-bond donors (Lipinski definition) is 2. The van der Waals surface area contributed by atoms with Crippen molar-refractivity contribution in [2.45, 2.75) is 70.4 Å². The van der Waals surface area contributed by atoms with Crippen LogP contribution in [-0.2, 0) is 25.7 Å².